The van der Waals surface area contributed by atoms with Crippen LogP contribution in [-0.2, 0) is 0 Å². The summed E-state index contributed by atoms with van der Waals surface area (Å²) in [5.41, 5.74) is 2.70. The second-order valence-corrected chi connectivity index (χ2v) is 5.12. The van der Waals surface area contributed by atoms with Crippen molar-refractivity contribution in [3.05, 3.63) is 65.7 Å². The Morgan fingerprint density at radius 2 is 1.85 bits per heavy atom. The van der Waals surface area contributed by atoms with Gasteiger partial charge in [-0.3, -0.25) is 0 Å². The second-order valence-electron chi connectivity index (χ2n) is 5.12. The van der Waals surface area contributed by atoms with Crippen LogP contribution >= 0.6 is 0 Å². The van der Waals surface area contributed by atoms with Crippen molar-refractivity contribution < 1.29 is 4.74 Å². The summed E-state index contributed by atoms with van der Waals surface area (Å²) in [6.45, 7) is 3.85. The highest BCUT2D eigenvalue weighted by Gasteiger charge is 2.11. The fraction of sp³-hybridized carbons (Fsp3) is 0.333. The molecule has 0 aliphatic rings. The Labute approximate surface area is 121 Å². The predicted molar refractivity (Wildman–Crippen MR) is 84.4 cm³/mol. The Bertz CT molecular complexity index is 510. The normalized spacial score (nSPS) is 12.1. The molecule has 2 heteroatoms. The van der Waals surface area contributed by atoms with E-state index in [2.05, 4.69) is 36.5 Å². The van der Waals surface area contributed by atoms with E-state index in [1.54, 1.807) is 0 Å². The molecule has 0 aliphatic carbocycles. The summed E-state index contributed by atoms with van der Waals surface area (Å²) in [5.74, 6) is 1.43. The molecule has 1 unspecified atom stereocenters. The third-order valence-corrected chi connectivity index (χ3v) is 3.44. The van der Waals surface area contributed by atoms with E-state index < -0.39 is 0 Å². The molecular weight excluding hydrogens is 246 g/mol. The fourth-order valence-electron chi connectivity index (χ4n) is 2.39. The lowest BCUT2D eigenvalue weighted by atomic mass is 9.95. The number of hydrogen-bond donors (Lipinski definition) is 1. The molecule has 106 valence electrons. The fourth-order valence-corrected chi connectivity index (χ4v) is 2.39. The Morgan fingerprint density at radius 3 is 2.55 bits per heavy atom. The molecule has 2 aromatic rings. The lowest BCUT2D eigenvalue weighted by Gasteiger charge is -2.18. The molecule has 0 saturated carbocycles. The highest BCUT2D eigenvalue weighted by Crippen LogP contribution is 2.21. The molecule has 0 aromatic heterocycles. The smallest absolute Gasteiger partial charge is 0.119 e. The molecule has 1 atom stereocenters. The van der Waals surface area contributed by atoms with Crippen molar-refractivity contribution >= 4 is 0 Å². The van der Waals surface area contributed by atoms with Crippen LogP contribution in [0.25, 0.3) is 0 Å². The van der Waals surface area contributed by atoms with Crippen LogP contribution in [-0.4, -0.2) is 20.2 Å². The van der Waals surface area contributed by atoms with Crippen molar-refractivity contribution in [1.82, 2.24) is 5.32 Å². The van der Waals surface area contributed by atoms with Crippen molar-refractivity contribution in [1.29, 1.82) is 0 Å². The summed E-state index contributed by atoms with van der Waals surface area (Å²) in [7, 11) is 2.00. The number of para-hydroxylation sites is 1. The van der Waals surface area contributed by atoms with Gasteiger partial charge in [0.05, 0.1) is 6.61 Å². The number of hydrogen-bond acceptors (Lipinski definition) is 2. The van der Waals surface area contributed by atoms with Gasteiger partial charge in [0, 0.05) is 6.54 Å². The molecule has 1 N–H and O–H groups in total. The molecule has 0 radical (unpaired) electrons. The van der Waals surface area contributed by atoms with Crippen LogP contribution < -0.4 is 10.1 Å². The van der Waals surface area contributed by atoms with Crippen LogP contribution in [0.15, 0.2) is 54.6 Å². The SMILES string of the molecule is CNCC(CCOc1ccccc1)c1cccc(C)c1. The summed E-state index contributed by atoms with van der Waals surface area (Å²) in [6.07, 6.45) is 1.01. The van der Waals surface area contributed by atoms with Crippen LogP contribution in [0.3, 0.4) is 0 Å². The van der Waals surface area contributed by atoms with Crippen LogP contribution in [0.1, 0.15) is 23.5 Å². The summed E-state index contributed by atoms with van der Waals surface area (Å²) >= 11 is 0. The average molecular weight is 269 g/mol. The maximum atomic E-state index is 5.81. The molecule has 2 rings (SSSR count). The van der Waals surface area contributed by atoms with E-state index >= 15 is 0 Å². The lowest BCUT2D eigenvalue weighted by Crippen LogP contribution is -2.19. The van der Waals surface area contributed by atoms with Gasteiger partial charge in [0.15, 0.2) is 0 Å². The molecule has 0 spiro atoms. The van der Waals surface area contributed by atoms with Gasteiger partial charge in [0.1, 0.15) is 5.75 Å². The molecule has 0 saturated heterocycles. The Morgan fingerprint density at radius 1 is 1.05 bits per heavy atom. The zero-order valence-electron chi connectivity index (χ0n) is 12.3. The van der Waals surface area contributed by atoms with Crippen molar-refractivity contribution in [2.75, 3.05) is 20.2 Å². The number of rotatable bonds is 7. The zero-order valence-corrected chi connectivity index (χ0v) is 12.3. The topological polar surface area (TPSA) is 21.3 Å². The van der Waals surface area contributed by atoms with Gasteiger partial charge < -0.3 is 10.1 Å². The van der Waals surface area contributed by atoms with Gasteiger partial charge in [-0.05, 0) is 44.0 Å². The van der Waals surface area contributed by atoms with Crippen molar-refractivity contribution in [2.45, 2.75) is 19.3 Å². The standard InChI is InChI=1S/C18H23NO/c1-15-7-6-8-16(13-15)17(14-19-2)11-12-20-18-9-4-3-5-10-18/h3-10,13,17,19H,11-12,14H2,1-2H3. The first-order chi connectivity index (χ1) is 9.79. The largest absolute Gasteiger partial charge is 0.494 e. The molecule has 2 nitrogen and oxygen atoms in total. The quantitative estimate of drug-likeness (QED) is 0.826. The van der Waals surface area contributed by atoms with E-state index in [9.17, 15) is 0 Å². The third kappa shape index (κ3) is 4.39. The number of ether oxygens (including phenoxy) is 1. The Kier molecular flexibility index (Phi) is 5.63. The number of nitrogens with one attached hydrogen (secondary N) is 1. The van der Waals surface area contributed by atoms with Crippen molar-refractivity contribution in [3.8, 4) is 5.75 Å². The molecule has 2 aromatic carbocycles. The van der Waals surface area contributed by atoms with Gasteiger partial charge in [-0.25, -0.2) is 0 Å². The van der Waals surface area contributed by atoms with E-state index in [0.29, 0.717) is 5.92 Å². The molecule has 0 amide bonds. The maximum absolute atomic E-state index is 5.81. The molecule has 0 heterocycles. The van der Waals surface area contributed by atoms with Crippen LogP contribution in [0.4, 0.5) is 0 Å². The molecule has 0 bridgehead atoms. The first kappa shape index (κ1) is 14.6. The van der Waals surface area contributed by atoms with E-state index in [-0.39, 0.29) is 0 Å². The first-order valence-electron chi connectivity index (χ1n) is 7.18. The van der Waals surface area contributed by atoms with Crippen LogP contribution in [0, 0.1) is 6.92 Å². The van der Waals surface area contributed by atoms with Gasteiger partial charge in [-0.1, -0.05) is 48.0 Å². The minimum atomic E-state index is 0.489. The average Bonchev–Trinajstić information content (AvgIpc) is 2.47. The van der Waals surface area contributed by atoms with Crippen LogP contribution in [0.2, 0.25) is 0 Å². The second kappa shape index (κ2) is 7.71. The molecule has 0 aliphatic heterocycles. The monoisotopic (exact) mass is 269 g/mol. The van der Waals surface area contributed by atoms with E-state index in [1.165, 1.54) is 11.1 Å². The van der Waals surface area contributed by atoms with E-state index in [4.69, 9.17) is 4.74 Å². The minimum absolute atomic E-state index is 0.489. The van der Waals surface area contributed by atoms with Gasteiger partial charge in [-0.2, -0.15) is 0 Å². The highest BCUT2D eigenvalue weighted by atomic mass is 16.5. The summed E-state index contributed by atoms with van der Waals surface area (Å²) in [4.78, 5) is 0. The number of likely N-dealkylation sites (N-methyl/N-ethyl adjacent to an activating group) is 1. The molecule has 20 heavy (non-hydrogen) atoms. The maximum Gasteiger partial charge on any atom is 0.119 e. The van der Waals surface area contributed by atoms with E-state index in [0.717, 1.165) is 25.3 Å². The van der Waals surface area contributed by atoms with E-state index in [1.807, 2.05) is 37.4 Å². The minimum Gasteiger partial charge on any atom is -0.494 e. The number of aryl methyl sites for hydroxylation is 1. The summed E-state index contributed by atoms with van der Waals surface area (Å²) in [5, 5.41) is 3.28. The number of benzene rings is 2. The summed E-state index contributed by atoms with van der Waals surface area (Å²) in [6, 6.07) is 18.7. The lowest BCUT2D eigenvalue weighted by molar-refractivity contribution is 0.296. The Hall–Kier alpha value is -1.80. The van der Waals surface area contributed by atoms with Crippen molar-refractivity contribution in [3.63, 3.8) is 0 Å². The van der Waals surface area contributed by atoms with Gasteiger partial charge in [0.2, 0.25) is 0 Å². The van der Waals surface area contributed by atoms with Gasteiger partial charge >= 0.3 is 0 Å². The zero-order chi connectivity index (χ0) is 14.2. The third-order valence-electron chi connectivity index (χ3n) is 3.44. The summed E-state index contributed by atoms with van der Waals surface area (Å²) < 4.78 is 5.81. The van der Waals surface area contributed by atoms with Gasteiger partial charge in [-0.15, -0.1) is 0 Å². The molecule has 0 fully saturated rings. The van der Waals surface area contributed by atoms with Crippen molar-refractivity contribution in [2.24, 2.45) is 0 Å². The van der Waals surface area contributed by atoms with Gasteiger partial charge in [0.25, 0.3) is 0 Å². The Balaban J connectivity index is 1.92. The van der Waals surface area contributed by atoms with Crippen LogP contribution in [0.5, 0.6) is 5.75 Å². The highest BCUT2D eigenvalue weighted by molar-refractivity contribution is 5.26. The predicted octanol–water partition coefficient (Wildman–Crippen LogP) is 3.77. The first-order valence-corrected chi connectivity index (χ1v) is 7.18. The molecular formula is C18H23NO.